The average Bonchev–Trinajstić information content (AvgIpc) is 2.33. The van der Waals surface area contributed by atoms with Crippen molar-refractivity contribution in [1.29, 1.82) is 0 Å². The Morgan fingerprint density at radius 1 is 0.938 bits per heavy atom. The fraction of sp³-hybridized carbons (Fsp3) is 0.200. The van der Waals surface area contributed by atoms with Crippen molar-refractivity contribution in [2.75, 3.05) is 0 Å². The number of hydrogen-bond donors (Lipinski definition) is 1. The summed E-state index contributed by atoms with van der Waals surface area (Å²) in [7, 11) is 0. The van der Waals surface area contributed by atoms with Crippen molar-refractivity contribution in [1.82, 2.24) is 0 Å². The highest BCUT2D eigenvalue weighted by Gasteiger charge is 2.07. The second kappa shape index (κ2) is 4.95. The van der Waals surface area contributed by atoms with E-state index in [-0.39, 0.29) is 6.04 Å². The molecule has 0 saturated heterocycles. The molecule has 16 heavy (non-hydrogen) atoms. The van der Waals surface area contributed by atoms with Crippen LogP contribution >= 0.6 is 0 Å². The zero-order chi connectivity index (χ0) is 11.4. The number of hydrogen-bond acceptors (Lipinski definition) is 1. The molecule has 2 aromatic carbocycles. The van der Waals surface area contributed by atoms with E-state index in [2.05, 4.69) is 43.3 Å². The van der Waals surface area contributed by atoms with E-state index in [1.807, 2.05) is 18.2 Å². The minimum absolute atomic E-state index is 0.0855. The Kier molecular flexibility index (Phi) is 3.37. The molecule has 2 rings (SSSR count). The number of aryl methyl sites for hydroxylation is 1. The molecular formula is C15H17N. The lowest BCUT2D eigenvalue weighted by atomic mass is 9.97. The maximum atomic E-state index is 6.20. The molecule has 1 atom stereocenters. The Balaban J connectivity index is 2.14. The summed E-state index contributed by atoms with van der Waals surface area (Å²) in [6.07, 6.45) is 0.899. The molecule has 0 aliphatic rings. The Bertz CT molecular complexity index is 448. The van der Waals surface area contributed by atoms with E-state index < -0.39 is 0 Å². The largest absolute Gasteiger partial charge is 0.324 e. The summed E-state index contributed by atoms with van der Waals surface area (Å²) in [5, 5.41) is 0. The molecule has 1 nitrogen and oxygen atoms in total. The molecule has 0 aliphatic carbocycles. The van der Waals surface area contributed by atoms with Crippen LogP contribution in [-0.2, 0) is 6.42 Å². The van der Waals surface area contributed by atoms with Gasteiger partial charge >= 0.3 is 0 Å². The average molecular weight is 211 g/mol. The fourth-order valence-electron chi connectivity index (χ4n) is 1.89. The summed E-state index contributed by atoms with van der Waals surface area (Å²) in [5.41, 5.74) is 10.0. The van der Waals surface area contributed by atoms with Crippen LogP contribution in [-0.4, -0.2) is 0 Å². The van der Waals surface area contributed by atoms with Crippen molar-refractivity contribution < 1.29 is 0 Å². The summed E-state index contributed by atoms with van der Waals surface area (Å²) in [4.78, 5) is 0. The van der Waals surface area contributed by atoms with Gasteiger partial charge in [0, 0.05) is 6.04 Å². The molecule has 0 spiro atoms. The second-order valence-electron chi connectivity index (χ2n) is 4.15. The van der Waals surface area contributed by atoms with Gasteiger partial charge in [-0.2, -0.15) is 0 Å². The van der Waals surface area contributed by atoms with Crippen LogP contribution in [0.2, 0.25) is 0 Å². The number of benzene rings is 2. The number of nitrogens with two attached hydrogens (primary N) is 1. The molecule has 1 unspecified atom stereocenters. The molecule has 0 aliphatic heterocycles. The van der Waals surface area contributed by atoms with E-state index >= 15 is 0 Å². The van der Waals surface area contributed by atoms with Crippen molar-refractivity contribution in [2.45, 2.75) is 19.4 Å². The van der Waals surface area contributed by atoms with Gasteiger partial charge in [0.15, 0.2) is 0 Å². The molecule has 0 radical (unpaired) electrons. The van der Waals surface area contributed by atoms with Gasteiger partial charge in [0.1, 0.15) is 0 Å². The predicted molar refractivity (Wildman–Crippen MR) is 68.3 cm³/mol. The first-order valence-corrected chi connectivity index (χ1v) is 5.62. The summed E-state index contributed by atoms with van der Waals surface area (Å²) in [6.45, 7) is 2.13. The quantitative estimate of drug-likeness (QED) is 0.828. The molecule has 0 fully saturated rings. The maximum absolute atomic E-state index is 6.20. The summed E-state index contributed by atoms with van der Waals surface area (Å²) in [5.74, 6) is 0. The Morgan fingerprint density at radius 3 is 2.25 bits per heavy atom. The summed E-state index contributed by atoms with van der Waals surface area (Å²) >= 11 is 0. The van der Waals surface area contributed by atoms with Crippen molar-refractivity contribution >= 4 is 0 Å². The standard InChI is InChI=1S/C15H17N/c1-12-7-5-6-10-14(12)11-15(16)13-8-3-2-4-9-13/h2-10,15H,11,16H2,1H3. The first-order valence-electron chi connectivity index (χ1n) is 5.62. The lowest BCUT2D eigenvalue weighted by Crippen LogP contribution is -2.13. The van der Waals surface area contributed by atoms with Crippen molar-refractivity contribution in [2.24, 2.45) is 5.73 Å². The van der Waals surface area contributed by atoms with Crippen LogP contribution in [0.15, 0.2) is 54.6 Å². The third-order valence-electron chi connectivity index (χ3n) is 2.93. The minimum Gasteiger partial charge on any atom is -0.324 e. The molecule has 82 valence electrons. The zero-order valence-electron chi connectivity index (χ0n) is 9.56. The first-order chi connectivity index (χ1) is 7.77. The Labute approximate surface area is 96.9 Å². The van der Waals surface area contributed by atoms with Gasteiger partial charge in [-0.3, -0.25) is 0 Å². The fourth-order valence-corrected chi connectivity index (χ4v) is 1.89. The third kappa shape index (κ3) is 2.50. The highest BCUT2D eigenvalue weighted by Crippen LogP contribution is 2.17. The van der Waals surface area contributed by atoms with E-state index in [4.69, 9.17) is 5.73 Å². The topological polar surface area (TPSA) is 26.0 Å². The third-order valence-corrected chi connectivity index (χ3v) is 2.93. The molecule has 1 heteroatoms. The van der Waals surface area contributed by atoms with Crippen LogP contribution < -0.4 is 5.73 Å². The van der Waals surface area contributed by atoms with Crippen LogP contribution in [0.4, 0.5) is 0 Å². The normalized spacial score (nSPS) is 12.4. The van der Waals surface area contributed by atoms with E-state index in [1.54, 1.807) is 0 Å². The van der Waals surface area contributed by atoms with Crippen LogP contribution in [0.1, 0.15) is 22.7 Å². The molecule has 0 aromatic heterocycles. The first kappa shape index (κ1) is 10.9. The van der Waals surface area contributed by atoms with E-state index in [0.717, 1.165) is 6.42 Å². The molecule has 0 saturated carbocycles. The van der Waals surface area contributed by atoms with Gasteiger partial charge in [-0.15, -0.1) is 0 Å². The van der Waals surface area contributed by atoms with E-state index in [9.17, 15) is 0 Å². The van der Waals surface area contributed by atoms with Gasteiger partial charge in [-0.05, 0) is 30.0 Å². The van der Waals surface area contributed by atoms with Crippen LogP contribution in [0.3, 0.4) is 0 Å². The lowest BCUT2D eigenvalue weighted by molar-refractivity contribution is 0.719. The van der Waals surface area contributed by atoms with Crippen LogP contribution in [0, 0.1) is 6.92 Å². The Morgan fingerprint density at radius 2 is 1.56 bits per heavy atom. The molecule has 0 heterocycles. The van der Waals surface area contributed by atoms with Gasteiger partial charge in [-0.25, -0.2) is 0 Å². The summed E-state index contributed by atoms with van der Waals surface area (Å²) < 4.78 is 0. The minimum atomic E-state index is 0.0855. The molecule has 2 N–H and O–H groups in total. The second-order valence-corrected chi connectivity index (χ2v) is 4.15. The van der Waals surface area contributed by atoms with Crippen molar-refractivity contribution in [3.8, 4) is 0 Å². The van der Waals surface area contributed by atoms with Gasteiger partial charge in [0.25, 0.3) is 0 Å². The number of rotatable bonds is 3. The molecule has 0 bridgehead atoms. The summed E-state index contributed by atoms with van der Waals surface area (Å²) in [6, 6.07) is 18.8. The van der Waals surface area contributed by atoms with Crippen LogP contribution in [0.5, 0.6) is 0 Å². The highest BCUT2D eigenvalue weighted by atomic mass is 14.6. The van der Waals surface area contributed by atoms with Gasteiger partial charge in [0.05, 0.1) is 0 Å². The van der Waals surface area contributed by atoms with Gasteiger partial charge in [0.2, 0.25) is 0 Å². The Hall–Kier alpha value is -1.60. The van der Waals surface area contributed by atoms with Crippen molar-refractivity contribution in [3.05, 3.63) is 71.3 Å². The predicted octanol–water partition coefficient (Wildman–Crippen LogP) is 3.24. The smallest absolute Gasteiger partial charge is 0.0335 e. The van der Waals surface area contributed by atoms with Gasteiger partial charge < -0.3 is 5.73 Å². The monoisotopic (exact) mass is 211 g/mol. The highest BCUT2D eigenvalue weighted by molar-refractivity contribution is 5.28. The van der Waals surface area contributed by atoms with E-state index in [0.29, 0.717) is 0 Å². The van der Waals surface area contributed by atoms with E-state index in [1.165, 1.54) is 16.7 Å². The lowest BCUT2D eigenvalue weighted by Gasteiger charge is -2.13. The molecule has 2 aromatic rings. The molecule has 0 amide bonds. The zero-order valence-corrected chi connectivity index (χ0v) is 9.56. The SMILES string of the molecule is Cc1ccccc1CC(N)c1ccccc1. The van der Waals surface area contributed by atoms with Crippen molar-refractivity contribution in [3.63, 3.8) is 0 Å². The van der Waals surface area contributed by atoms with Crippen LogP contribution in [0.25, 0.3) is 0 Å². The maximum Gasteiger partial charge on any atom is 0.0335 e. The van der Waals surface area contributed by atoms with Gasteiger partial charge in [-0.1, -0.05) is 54.6 Å². The molecular weight excluding hydrogens is 194 g/mol.